The Morgan fingerprint density at radius 1 is 1.08 bits per heavy atom. The summed E-state index contributed by atoms with van der Waals surface area (Å²) in [7, 11) is 1.60. The van der Waals surface area contributed by atoms with Gasteiger partial charge >= 0.3 is 0 Å². The van der Waals surface area contributed by atoms with Crippen LogP contribution in [0.4, 0.5) is 5.69 Å². The number of carbonyl (C=O) groups excluding carboxylic acids is 2. The predicted octanol–water partition coefficient (Wildman–Crippen LogP) is 3.79. The van der Waals surface area contributed by atoms with Crippen molar-refractivity contribution in [2.75, 3.05) is 11.9 Å². The third kappa shape index (κ3) is 3.27. The first-order valence-corrected chi connectivity index (χ1v) is 9.18. The summed E-state index contributed by atoms with van der Waals surface area (Å²) < 4.78 is 0. The number of benzene rings is 1. The van der Waals surface area contributed by atoms with E-state index in [1.54, 1.807) is 13.1 Å². The van der Waals surface area contributed by atoms with Gasteiger partial charge in [0, 0.05) is 16.8 Å². The summed E-state index contributed by atoms with van der Waals surface area (Å²) in [5, 5.41) is 0.193. The fourth-order valence-corrected chi connectivity index (χ4v) is 3.71. The molecule has 0 unspecified atom stereocenters. The predicted molar refractivity (Wildman–Crippen MR) is 106 cm³/mol. The van der Waals surface area contributed by atoms with E-state index in [9.17, 15) is 9.59 Å². The van der Waals surface area contributed by atoms with Crippen molar-refractivity contribution >= 4 is 52.2 Å². The van der Waals surface area contributed by atoms with Crippen molar-refractivity contribution in [3.05, 3.63) is 57.3 Å². The highest BCUT2D eigenvalue weighted by atomic mass is 32.1. The van der Waals surface area contributed by atoms with E-state index < -0.39 is 0 Å². The molecule has 1 aliphatic heterocycles. The van der Waals surface area contributed by atoms with Crippen LogP contribution in [0.15, 0.2) is 42.0 Å². The van der Waals surface area contributed by atoms with Crippen LogP contribution in [0.5, 0.6) is 0 Å². The molecule has 2 heterocycles. The molecule has 2 amide bonds. The molecule has 3 rings (SSSR count). The average molecular weight is 370 g/mol. The molecule has 4 nitrogen and oxygen atoms in total. The maximum absolute atomic E-state index is 13.0. The summed E-state index contributed by atoms with van der Waals surface area (Å²) in [4.78, 5) is 30.3. The van der Waals surface area contributed by atoms with E-state index in [-0.39, 0.29) is 22.5 Å². The van der Waals surface area contributed by atoms with Gasteiger partial charge in [-0.15, -0.1) is 11.3 Å². The summed E-state index contributed by atoms with van der Waals surface area (Å²) in [6.07, 6.45) is 2.56. The highest BCUT2D eigenvalue weighted by molar-refractivity contribution is 7.80. The SMILES string of the molecule is CCc1ccc(N2C(=O)/C(=C/c3ccc(C)s3)C(=O)N(C)C2=S)cc1. The molecule has 25 heavy (non-hydrogen) atoms. The van der Waals surface area contributed by atoms with E-state index in [0.717, 1.165) is 16.2 Å². The fourth-order valence-electron chi connectivity index (χ4n) is 2.62. The molecule has 128 valence electrons. The number of anilines is 1. The Labute approximate surface area is 156 Å². The Balaban J connectivity index is 2.03. The van der Waals surface area contributed by atoms with Crippen LogP contribution < -0.4 is 4.90 Å². The molecule has 0 bridgehead atoms. The summed E-state index contributed by atoms with van der Waals surface area (Å²) in [6, 6.07) is 11.5. The monoisotopic (exact) mass is 370 g/mol. The Kier molecular flexibility index (Phi) is 4.83. The Hall–Kier alpha value is -2.31. The van der Waals surface area contributed by atoms with Crippen LogP contribution in [-0.2, 0) is 16.0 Å². The van der Waals surface area contributed by atoms with Gasteiger partial charge in [-0.2, -0.15) is 0 Å². The van der Waals surface area contributed by atoms with Crippen molar-refractivity contribution in [2.24, 2.45) is 0 Å². The van der Waals surface area contributed by atoms with Crippen LogP contribution in [0.2, 0.25) is 0 Å². The minimum absolute atomic E-state index is 0.123. The first-order valence-electron chi connectivity index (χ1n) is 7.96. The zero-order valence-electron chi connectivity index (χ0n) is 14.3. The summed E-state index contributed by atoms with van der Waals surface area (Å²) in [5.74, 6) is -0.758. The van der Waals surface area contributed by atoms with E-state index in [4.69, 9.17) is 12.2 Å². The molecule has 1 saturated heterocycles. The van der Waals surface area contributed by atoms with Crippen molar-refractivity contribution in [1.82, 2.24) is 4.90 Å². The van der Waals surface area contributed by atoms with Gasteiger partial charge < -0.3 is 0 Å². The molecule has 1 fully saturated rings. The Morgan fingerprint density at radius 2 is 1.76 bits per heavy atom. The zero-order valence-corrected chi connectivity index (χ0v) is 15.9. The molecule has 1 aromatic carbocycles. The van der Waals surface area contributed by atoms with Crippen LogP contribution in [0.3, 0.4) is 0 Å². The van der Waals surface area contributed by atoms with Gasteiger partial charge in [-0.1, -0.05) is 19.1 Å². The molecule has 0 aliphatic carbocycles. The fraction of sp³-hybridized carbons (Fsp3) is 0.211. The Morgan fingerprint density at radius 3 is 2.32 bits per heavy atom. The van der Waals surface area contributed by atoms with Gasteiger partial charge in [0.1, 0.15) is 5.57 Å². The maximum Gasteiger partial charge on any atom is 0.270 e. The van der Waals surface area contributed by atoms with Crippen LogP contribution in [0, 0.1) is 6.92 Å². The van der Waals surface area contributed by atoms with Gasteiger partial charge in [0.2, 0.25) is 0 Å². The summed E-state index contributed by atoms with van der Waals surface area (Å²) >= 11 is 6.89. The number of likely N-dealkylation sites (N-methyl/N-ethyl adjacent to an activating group) is 1. The lowest BCUT2D eigenvalue weighted by molar-refractivity contribution is -0.127. The van der Waals surface area contributed by atoms with Gasteiger partial charge in [-0.25, -0.2) is 0 Å². The van der Waals surface area contributed by atoms with Gasteiger partial charge in [0.25, 0.3) is 11.8 Å². The molecule has 1 aliphatic rings. The largest absolute Gasteiger partial charge is 0.287 e. The number of thiophene rings is 1. The molecule has 1 aromatic heterocycles. The van der Waals surface area contributed by atoms with Crippen molar-refractivity contribution in [3.8, 4) is 0 Å². The van der Waals surface area contributed by atoms with E-state index in [0.29, 0.717) is 5.69 Å². The molecule has 0 radical (unpaired) electrons. The van der Waals surface area contributed by atoms with Crippen molar-refractivity contribution in [1.29, 1.82) is 0 Å². The average Bonchev–Trinajstić information content (AvgIpc) is 3.03. The van der Waals surface area contributed by atoms with Gasteiger partial charge in [-0.05, 0) is 61.5 Å². The number of rotatable bonds is 3. The molecule has 2 aromatic rings. The lowest BCUT2D eigenvalue weighted by atomic mass is 10.1. The van der Waals surface area contributed by atoms with Crippen molar-refractivity contribution < 1.29 is 9.59 Å². The maximum atomic E-state index is 13.0. The van der Waals surface area contributed by atoms with Crippen LogP contribution >= 0.6 is 23.6 Å². The van der Waals surface area contributed by atoms with E-state index >= 15 is 0 Å². The first kappa shape index (κ1) is 17.5. The normalized spacial score (nSPS) is 16.9. The van der Waals surface area contributed by atoms with Crippen LogP contribution in [0.25, 0.3) is 6.08 Å². The number of thiocarbonyl (C=S) groups is 1. The highest BCUT2D eigenvalue weighted by Crippen LogP contribution is 2.27. The number of carbonyl (C=O) groups is 2. The highest BCUT2D eigenvalue weighted by Gasteiger charge is 2.38. The standard InChI is InChI=1S/C19H18N2O2S2/c1-4-13-6-8-14(9-7-13)21-18(23)16(17(22)20(3)19(21)24)11-15-10-5-12(2)25-15/h5-11H,4H2,1-3H3/b16-11+. The minimum Gasteiger partial charge on any atom is -0.287 e. The smallest absolute Gasteiger partial charge is 0.270 e. The van der Waals surface area contributed by atoms with Gasteiger partial charge in [0.15, 0.2) is 5.11 Å². The number of nitrogens with zero attached hydrogens (tertiary/aromatic N) is 2. The summed E-state index contributed by atoms with van der Waals surface area (Å²) in [5.41, 5.74) is 1.96. The molecule has 0 atom stereocenters. The molecule has 6 heteroatoms. The molecule has 0 spiro atoms. The molecular formula is C19H18N2O2S2. The number of amides is 2. The number of aryl methyl sites for hydroxylation is 2. The van der Waals surface area contributed by atoms with E-state index in [1.807, 2.05) is 43.3 Å². The topological polar surface area (TPSA) is 40.6 Å². The Bertz CT molecular complexity index is 881. The summed E-state index contributed by atoms with van der Waals surface area (Å²) in [6.45, 7) is 4.06. The molecular weight excluding hydrogens is 352 g/mol. The van der Waals surface area contributed by atoms with E-state index in [2.05, 4.69) is 6.92 Å². The number of hydrogen-bond acceptors (Lipinski definition) is 4. The minimum atomic E-state index is -0.386. The molecule has 0 saturated carbocycles. The third-order valence-corrected chi connectivity index (χ3v) is 5.50. The van der Waals surface area contributed by atoms with E-state index in [1.165, 1.54) is 26.7 Å². The van der Waals surface area contributed by atoms with Crippen molar-refractivity contribution in [3.63, 3.8) is 0 Å². The first-order chi connectivity index (χ1) is 11.9. The van der Waals surface area contributed by atoms with Gasteiger partial charge in [-0.3, -0.25) is 19.4 Å². The quantitative estimate of drug-likeness (QED) is 0.469. The second kappa shape index (κ2) is 6.90. The molecule has 0 N–H and O–H groups in total. The van der Waals surface area contributed by atoms with Crippen molar-refractivity contribution in [2.45, 2.75) is 20.3 Å². The van der Waals surface area contributed by atoms with Gasteiger partial charge in [0.05, 0.1) is 5.69 Å². The lowest BCUT2D eigenvalue weighted by Crippen LogP contribution is -2.54. The van der Waals surface area contributed by atoms with Crippen LogP contribution in [-0.4, -0.2) is 28.9 Å². The third-order valence-electron chi connectivity index (χ3n) is 4.10. The number of hydrogen-bond donors (Lipinski definition) is 0. The lowest BCUT2D eigenvalue weighted by Gasteiger charge is -2.34. The second-order valence-electron chi connectivity index (χ2n) is 5.81. The second-order valence-corrected chi connectivity index (χ2v) is 7.50. The van der Waals surface area contributed by atoms with Crippen LogP contribution in [0.1, 0.15) is 22.2 Å². The zero-order chi connectivity index (χ0) is 18.1.